The fourth-order valence-electron chi connectivity index (χ4n) is 5.16. The van der Waals surface area contributed by atoms with Crippen molar-refractivity contribution >= 4 is 28.8 Å². The third kappa shape index (κ3) is 4.69. The molecule has 5 nitrogen and oxygen atoms in total. The Morgan fingerprint density at radius 3 is 2.00 bits per heavy atom. The number of hydrogen-bond donors (Lipinski definition) is 0. The van der Waals surface area contributed by atoms with Crippen LogP contribution in [0.25, 0.3) is 6.08 Å². The molecule has 0 bridgehead atoms. The summed E-state index contributed by atoms with van der Waals surface area (Å²) in [5, 5.41) is 7.53. The number of para-hydroxylation sites is 1. The topological polar surface area (TPSA) is 25.3 Å². The summed E-state index contributed by atoms with van der Waals surface area (Å²) in [4.78, 5) is 6.71. The monoisotopic (exact) mass is 465 g/mol. The van der Waals surface area contributed by atoms with Crippen LogP contribution in [0, 0.1) is 5.92 Å². The molecule has 0 radical (unpaired) electrons. The lowest BCUT2D eigenvalue weighted by molar-refractivity contribution is 0.303. The van der Waals surface area contributed by atoms with Crippen LogP contribution in [0.1, 0.15) is 17.2 Å². The van der Waals surface area contributed by atoms with Crippen LogP contribution in [0.2, 0.25) is 0 Å². The standard InChI is InChI=1S/C30H35N5/c1-32(2)25-15-11-22(12-16-25)19-24-20-34(5)21-28-29(24)31-35(27-9-7-6-8-10-27)30(28)23-13-17-26(18-14-23)33(3)4/h6-19,28,30H,20-21H2,1-5H3/b24-19+/t28-,30+/m0/s1. The van der Waals surface area contributed by atoms with E-state index in [0.717, 1.165) is 18.8 Å². The maximum atomic E-state index is 5.29. The first-order valence-corrected chi connectivity index (χ1v) is 12.3. The van der Waals surface area contributed by atoms with Gasteiger partial charge < -0.3 is 14.7 Å². The second-order valence-electron chi connectivity index (χ2n) is 10.1. The van der Waals surface area contributed by atoms with Crippen molar-refractivity contribution in [2.75, 3.05) is 63.1 Å². The predicted octanol–water partition coefficient (Wildman–Crippen LogP) is 5.38. The van der Waals surface area contributed by atoms with Gasteiger partial charge >= 0.3 is 0 Å². The summed E-state index contributed by atoms with van der Waals surface area (Å²) in [5.41, 5.74) is 8.58. The second-order valence-corrected chi connectivity index (χ2v) is 10.1. The number of benzene rings is 3. The lowest BCUT2D eigenvalue weighted by Crippen LogP contribution is -2.41. The number of hydrogen-bond acceptors (Lipinski definition) is 5. The van der Waals surface area contributed by atoms with Crippen LogP contribution >= 0.6 is 0 Å². The van der Waals surface area contributed by atoms with Gasteiger partial charge in [0.15, 0.2) is 0 Å². The van der Waals surface area contributed by atoms with Crippen LogP contribution in [-0.2, 0) is 0 Å². The fourth-order valence-corrected chi connectivity index (χ4v) is 5.16. The number of likely N-dealkylation sites (tertiary alicyclic amines) is 1. The Hall–Kier alpha value is -3.57. The molecule has 180 valence electrons. The normalized spacial score (nSPS) is 21.1. The number of piperidine rings is 1. The number of hydrazone groups is 1. The van der Waals surface area contributed by atoms with Crippen molar-refractivity contribution in [1.82, 2.24) is 4.90 Å². The Morgan fingerprint density at radius 2 is 1.40 bits per heavy atom. The van der Waals surface area contributed by atoms with Gasteiger partial charge in [0, 0.05) is 58.6 Å². The van der Waals surface area contributed by atoms with Crippen molar-refractivity contribution in [2.45, 2.75) is 6.04 Å². The highest BCUT2D eigenvalue weighted by Gasteiger charge is 2.43. The molecule has 3 aromatic rings. The molecule has 2 heterocycles. The van der Waals surface area contributed by atoms with E-state index in [4.69, 9.17) is 5.10 Å². The molecular weight excluding hydrogens is 430 g/mol. The smallest absolute Gasteiger partial charge is 0.0872 e. The summed E-state index contributed by atoms with van der Waals surface area (Å²) in [6.45, 7) is 1.89. The van der Waals surface area contributed by atoms with E-state index in [1.54, 1.807) is 0 Å². The lowest BCUT2D eigenvalue weighted by Gasteiger charge is -2.35. The highest BCUT2D eigenvalue weighted by molar-refractivity contribution is 6.09. The summed E-state index contributed by atoms with van der Waals surface area (Å²) in [5.74, 6) is 0.298. The molecule has 35 heavy (non-hydrogen) atoms. The minimum atomic E-state index is 0.158. The Labute approximate surface area is 209 Å². The van der Waals surface area contributed by atoms with E-state index in [1.807, 2.05) is 0 Å². The van der Waals surface area contributed by atoms with Gasteiger partial charge in [0.25, 0.3) is 0 Å². The van der Waals surface area contributed by atoms with Gasteiger partial charge in [-0.15, -0.1) is 0 Å². The number of likely N-dealkylation sites (N-methyl/N-ethyl adjacent to an activating group) is 1. The molecule has 0 spiro atoms. The maximum Gasteiger partial charge on any atom is 0.0872 e. The molecule has 2 aliphatic rings. The molecule has 0 aliphatic carbocycles. The molecular formula is C30H35N5. The average molecular weight is 466 g/mol. The SMILES string of the molecule is CN1C/C(=C\c2ccc(N(C)C)cc2)C2=NN(c3ccccc3)[C@H](c3ccc(N(C)C)cc3)[C@H]2C1. The molecule has 0 aromatic heterocycles. The number of nitrogens with zero attached hydrogens (tertiary/aromatic N) is 5. The molecule has 0 saturated carbocycles. The maximum absolute atomic E-state index is 5.29. The predicted molar refractivity (Wildman–Crippen MR) is 150 cm³/mol. The molecule has 5 rings (SSSR count). The van der Waals surface area contributed by atoms with Crippen molar-refractivity contribution in [2.24, 2.45) is 11.0 Å². The van der Waals surface area contributed by atoms with Crippen LogP contribution in [0.3, 0.4) is 0 Å². The number of anilines is 3. The van der Waals surface area contributed by atoms with Crippen molar-refractivity contribution in [1.29, 1.82) is 0 Å². The summed E-state index contributed by atoms with van der Waals surface area (Å²) >= 11 is 0. The first-order chi connectivity index (χ1) is 16.9. The van der Waals surface area contributed by atoms with E-state index in [0.29, 0.717) is 5.92 Å². The van der Waals surface area contributed by atoms with Crippen molar-refractivity contribution in [3.05, 3.63) is 95.6 Å². The first kappa shape index (κ1) is 23.2. The minimum Gasteiger partial charge on any atom is -0.378 e. The molecule has 2 atom stereocenters. The Morgan fingerprint density at radius 1 is 0.800 bits per heavy atom. The van der Waals surface area contributed by atoms with E-state index in [1.165, 1.54) is 33.8 Å². The summed E-state index contributed by atoms with van der Waals surface area (Å²) < 4.78 is 0. The van der Waals surface area contributed by atoms with Gasteiger partial charge in [-0.05, 0) is 66.2 Å². The van der Waals surface area contributed by atoms with Crippen LogP contribution in [0.5, 0.6) is 0 Å². The Balaban J connectivity index is 1.56. The zero-order valence-corrected chi connectivity index (χ0v) is 21.4. The number of fused-ring (bicyclic) bond motifs is 1. The van der Waals surface area contributed by atoms with Gasteiger partial charge in [-0.3, -0.25) is 5.01 Å². The van der Waals surface area contributed by atoms with E-state index < -0.39 is 0 Å². The molecule has 3 aromatic carbocycles. The van der Waals surface area contributed by atoms with Crippen molar-refractivity contribution in [3.63, 3.8) is 0 Å². The zero-order valence-electron chi connectivity index (χ0n) is 21.4. The highest BCUT2D eigenvalue weighted by atomic mass is 15.5. The van der Waals surface area contributed by atoms with E-state index in [-0.39, 0.29) is 6.04 Å². The van der Waals surface area contributed by atoms with Crippen LogP contribution in [-0.4, -0.2) is 58.9 Å². The third-order valence-corrected chi connectivity index (χ3v) is 7.01. The molecule has 2 aliphatic heterocycles. The largest absolute Gasteiger partial charge is 0.378 e. The van der Waals surface area contributed by atoms with Crippen LogP contribution in [0.15, 0.2) is 89.5 Å². The summed E-state index contributed by atoms with van der Waals surface area (Å²) in [6, 6.07) is 28.5. The molecule has 5 heteroatoms. The van der Waals surface area contributed by atoms with E-state index >= 15 is 0 Å². The molecule has 0 amide bonds. The van der Waals surface area contributed by atoms with Gasteiger partial charge in [-0.1, -0.05) is 42.5 Å². The molecule has 0 unspecified atom stereocenters. The fraction of sp³-hybridized carbons (Fsp3) is 0.300. The molecule has 0 N–H and O–H groups in total. The van der Waals surface area contributed by atoms with Crippen LogP contribution in [0.4, 0.5) is 17.1 Å². The van der Waals surface area contributed by atoms with E-state index in [9.17, 15) is 0 Å². The van der Waals surface area contributed by atoms with Crippen LogP contribution < -0.4 is 14.8 Å². The zero-order chi connectivity index (χ0) is 24.5. The highest BCUT2D eigenvalue weighted by Crippen LogP contribution is 2.43. The van der Waals surface area contributed by atoms with Gasteiger partial charge in [-0.25, -0.2) is 0 Å². The second kappa shape index (κ2) is 9.59. The quantitative estimate of drug-likeness (QED) is 0.505. The number of rotatable bonds is 5. The minimum absolute atomic E-state index is 0.158. The Kier molecular flexibility index (Phi) is 6.35. The third-order valence-electron chi connectivity index (χ3n) is 7.01. The van der Waals surface area contributed by atoms with Gasteiger partial charge in [0.2, 0.25) is 0 Å². The van der Waals surface area contributed by atoms with Gasteiger partial charge in [0.1, 0.15) is 0 Å². The van der Waals surface area contributed by atoms with Crippen molar-refractivity contribution in [3.8, 4) is 0 Å². The summed E-state index contributed by atoms with van der Waals surface area (Å²) in [7, 11) is 10.5. The Bertz CT molecular complexity index is 1210. The van der Waals surface area contributed by atoms with Gasteiger partial charge in [-0.2, -0.15) is 5.10 Å². The lowest BCUT2D eigenvalue weighted by atomic mass is 9.83. The average Bonchev–Trinajstić information content (AvgIpc) is 3.24. The van der Waals surface area contributed by atoms with Gasteiger partial charge in [0.05, 0.1) is 17.4 Å². The molecule has 1 fully saturated rings. The first-order valence-electron chi connectivity index (χ1n) is 12.3. The molecule has 1 saturated heterocycles. The van der Waals surface area contributed by atoms with Crippen molar-refractivity contribution < 1.29 is 0 Å². The summed E-state index contributed by atoms with van der Waals surface area (Å²) in [6.07, 6.45) is 2.32. The van der Waals surface area contributed by atoms with E-state index in [2.05, 4.69) is 140 Å².